The molecule has 164 valence electrons. The average molecular weight is 461 g/mol. The predicted molar refractivity (Wildman–Crippen MR) is 120 cm³/mol. The van der Waals surface area contributed by atoms with Gasteiger partial charge < -0.3 is 19.0 Å². The average Bonchev–Trinajstić information content (AvgIpc) is 3.43. The van der Waals surface area contributed by atoms with Crippen LogP contribution < -0.4 is 5.32 Å². The molecule has 1 aliphatic carbocycles. The highest BCUT2D eigenvalue weighted by molar-refractivity contribution is 7.99. The van der Waals surface area contributed by atoms with Crippen LogP contribution in [-0.2, 0) is 29.4 Å². The fourth-order valence-corrected chi connectivity index (χ4v) is 5.66. The van der Waals surface area contributed by atoms with E-state index in [0.717, 1.165) is 42.6 Å². The van der Waals surface area contributed by atoms with Crippen LogP contribution in [0.1, 0.15) is 46.3 Å². The maximum atomic E-state index is 12.7. The Morgan fingerprint density at radius 1 is 1.32 bits per heavy atom. The number of aryl methyl sites for hydroxylation is 2. The van der Waals surface area contributed by atoms with Gasteiger partial charge in [0.25, 0.3) is 0 Å². The number of amides is 1. The second-order valence-electron chi connectivity index (χ2n) is 7.23. The second kappa shape index (κ2) is 9.27. The molecule has 0 saturated heterocycles. The van der Waals surface area contributed by atoms with Crippen LogP contribution in [0.25, 0.3) is 11.4 Å². The molecule has 0 aromatic carbocycles. The zero-order chi connectivity index (χ0) is 22.0. The van der Waals surface area contributed by atoms with Crippen molar-refractivity contribution in [1.82, 2.24) is 14.8 Å². The van der Waals surface area contributed by atoms with E-state index in [-0.39, 0.29) is 17.6 Å². The number of hydrogen-bond acceptors (Lipinski definition) is 8. The van der Waals surface area contributed by atoms with Gasteiger partial charge in [-0.1, -0.05) is 11.8 Å². The van der Waals surface area contributed by atoms with Crippen LogP contribution in [0, 0.1) is 6.92 Å². The lowest BCUT2D eigenvalue weighted by molar-refractivity contribution is -0.113. The third-order valence-electron chi connectivity index (χ3n) is 5.17. The van der Waals surface area contributed by atoms with Gasteiger partial charge in [0.1, 0.15) is 10.8 Å². The number of nitrogens with one attached hydrogen (secondary N) is 1. The van der Waals surface area contributed by atoms with Crippen LogP contribution in [0.5, 0.6) is 0 Å². The number of esters is 1. The Balaban J connectivity index is 1.46. The molecule has 1 aliphatic rings. The monoisotopic (exact) mass is 460 g/mol. The molecule has 8 nitrogen and oxygen atoms in total. The Labute approximate surface area is 188 Å². The molecule has 3 aromatic heterocycles. The number of fused-ring (bicyclic) bond motifs is 1. The van der Waals surface area contributed by atoms with E-state index in [0.29, 0.717) is 28.2 Å². The van der Waals surface area contributed by atoms with Gasteiger partial charge in [0.15, 0.2) is 11.0 Å². The molecule has 10 heteroatoms. The molecule has 0 unspecified atom stereocenters. The molecule has 0 radical (unpaired) electrons. The number of furan rings is 1. The molecule has 0 aliphatic heterocycles. The number of carbonyl (C=O) groups is 2. The van der Waals surface area contributed by atoms with Gasteiger partial charge in [-0.25, -0.2) is 4.79 Å². The van der Waals surface area contributed by atoms with E-state index in [2.05, 4.69) is 15.5 Å². The summed E-state index contributed by atoms with van der Waals surface area (Å²) in [5.41, 5.74) is 2.43. The maximum absolute atomic E-state index is 12.7. The van der Waals surface area contributed by atoms with Crippen molar-refractivity contribution in [3.8, 4) is 11.4 Å². The zero-order valence-corrected chi connectivity index (χ0v) is 19.3. The van der Waals surface area contributed by atoms with E-state index >= 15 is 0 Å². The van der Waals surface area contributed by atoms with E-state index in [4.69, 9.17) is 9.15 Å². The van der Waals surface area contributed by atoms with Gasteiger partial charge in [-0.05, 0) is 51.2 Å². The number of thiophene rings is 1. The van der Waals surface area contributed by atoms with Crippen molar-refractivity contribution in [2.75, 3.05) is 17.7 Å². The van der Waals surface area contributed by atoms with Gasteiger partial charge in [-0.15, -0.1) is 21.5 Å². The summed E-state index contributed by atoms with van der Waals surface area (Å²) < 4.78 is 12.4. The summed E-state index contributed by atoms with van der Waals surface area (Å²) >= 11 is 2.78. The molecule has 1 N–H and O–H groups in total. The molecular formula is C21H24N4O4S2. The molecule has 31 heavy (non-hydrogen) atoms. The van der Waals surface area contributed by atoms with Crippen LogP contribution in [0.4, 0.5) is 5.00 Å². The lowest BCUT2D eigenvalue weighted by atomic mass is 9.95. The van der Waals surface area contributed by atoms with Crippen molar-refractivity contribution in [3.63, 3.8) is 0 Å². The van der Waals surface area contributed by atoms with Gasteiger partial charge in [-0.2, -0.15) is 0 Å². The van der Waals surface area contributed by atoms with E-state index < -0.39 is 0 Å². The molecule has 0 spiro atoms. The first-order chi connectivity index (χ1) is 15.0. The SMILES string of the molecule is CCOC(=O)c1c(NC(=O)CSc2nnc(-c3ccoc3C)n2C)sc2c1CCCC2. The number of thioether (sulfide) groups is 1. The summed E-state index contributed by atoms with van der Waals surface area (Å²) in [4.78, 5) is 26.4. The van der Waals surface area contributed by atoms with Crippen molar-refractivity contribution in [1.29, 1.82) is 0 Å². The Morgan fingerprint density at radius 3 is 2.87 bits per heavy atom. The molecular weight excluding hydrogens is 436 g/mol. The highest BCUT2D eigenvalue weighted by Gasteiger charge is 2.27. The molecule has 0 bridgehead atoms. The first-order valence-corrected chi connectivity index (χ1v) is 12.0. The third kappa shape index (κ3) is 4.40. The molecule has 1 amide bonds. The Bertz CT molecular complexity index is 1120. The molecule has 0 saturated carbocycles. The summed E-state index contributed by atoms with van der Waals surface area (Å²) in [5.74, 6) is 1.04. The van der Waals surface area contributed by atoms with Gasteiger partial charge in [0, 0.05) is 11.9 Å². The lowest BCUT2D eigenvalue weighted by Crippen LogP contribution is -2.17. The maximum Gasteiger partial charge on any atom is 0.341 e. The molecule has 3 heterocycles. The van der Waals surface area contributed by atoms with E-state index in [9.17, 15) is 9.59 Å². The summed E-state index contributed by atoms with van der Waals surface area (Å²) in [6.45, 7) is 3.95. The van der Waals surface area contributed by atoms with Gasteiger partial charge in [0.2, 0.25) is 5.91 Å². The number of ether oxygens (including phenoxy) is 1. The Morgan fingerprint density at radius 2 is 2.13 bits per heavy atom. The van der Waals surface area contributed by atoms with Gasteiger partial charge in [0.05, 0.1) is 29.7 Å². The number of nitrogens with zero attached hydrogens (tertiary/aromatic N) is 3. The minimum Gasteiger partial charge on any atom is -0.469 e. The summed E-state index contributed by atoms with van der Waals surface area (Å²) in [5, 5.41) is 12.6. The van der Waals surface area contributed by atoms with Crippen LogP contribution in [-0.4, -0.2) is 39.0 Å². The number of rotatable bonds is 7. The molecule has 4 rings (SSSR count). The van der Waals surface area contributed by atoms with Crippen LogP contribution >= 0.6 is 23.1 Å². The van der Waals surface area contributed by atoms with Crippen LogP contribution in [0.15, 0.2) is 21.9 Å². The van der Waals surface area contributed by atoms with Crippen molar-refractivity contribution in [3.05, 3.63) is 34.1 Å². The fourth-order valence-electron chi connectivity index (χ4n) is 3.66. The number of carbonyl (C=O) groups excluding carboxylic acids is 2. The van der Waals surface area contributed by atoms with E-state index in [1.165, 1.54) is 28.0 Å². The predicted octanol–water partition coefficient (Wildman–Crippen LogP) is 4.23. The standard InChI is InChI=1S/C21H24N4O4S2/c1-4-28-20(27)17-14-7-5-6-8-15(14)31-19(17)22-16(26)11-30-21-24-23-18(25(21)3)13-9-10-29-12(13)2/h9-10H,4-8,11H2,1-3H3,(H,22,26). The second-order valence-corrected chi connectivity index (χ2v) is 9.28. The van der Waals surface area contributed by atoms with Gasteiger partial charge in [-0.3, -0.25) is 4.79 Å². The van der Waals surface area contributed by atoms with Crippen molar-refractivity contribution < 1.29 is 18.7 Å². The molecule has 0 atom stereocenters. The summed E-state index contributed by atoms with van der Waals surface area (Å²) in [6.07, 6.45) is 5.54. The zero-order valence-electron chi connectivity index (χ0n) is 17.7. The third-order valence-corrected chi connectivity index (χ3v) is 7.40. The highest BCUT2D eigenvalue weighted by atomic mass is 32.2. The molecule has 3 aromatic rings. The first kappa shape index (κ1) is 21.6. The normalized spacial score (nSPS) is 13.1. The highest BCUT2D eigenvalue weighted by Crippen LogP contribution is 2.38. The largest absolute Gasteiger partial charge is 0.469 e. The van der Waals surface area contributed by atoms with Crippen molar-refractivity contribution in [2.24, 2.45) is 7.05 Å². The van der Waals surface area contributed by atoms with E-state index in [1.54, 1.807) is 13.2 Å². The first-order valence-electron chi connectivity index (χ1n) is 10.2. The minimum atomic E-state index is -0.363. The number of anilines is 1. The quantitative estimate of drug-likeness (QED) is 0.416. The van der Waals surface area contributed by atoms with E-state index in [1.807, 2.05) is 24.6 Å². The van der Waals surface area contributed by atoms with Gasteiger partial charge >= 0.3 is 5.97 Å². The molecule has 0 fully saturated rings. The van der Waals surface area contributed by atoms with Crippen LogP contribution in [0.3, 0.4) is 0 Å². The Kier molecular flexibility index (Phi) is 6.47. The lowest BCUT2D eigenvalue weighted by Gasteiger charge is -2.12. The fraction of sp³-hybridized carbons (Fsp3) is 0.429. The smallest absolute Gasteiger partial charge is 0.341 e. The minimum absolute atomic E-state index is 0.154. The van der Waals surface area contributed by atoms with Crippen LogP contribution in [0.2, 0.25) is 0 Å². The Hall–Kier alpha value is -2.59. The summed E-state index contributed by atoms with van der Waals surface area (Å²) in [6, 6.07) is 1.84. The summed E-state index contributed by atoms with van der Waals surface area (Å²) in [7, 11) is 1.86. The topological polar surface area (TPSA) is 99.2 Å². The number of aromatic nitrogens is 3. The van der Waals surface area contributed by atoms with Crippen molar-refractivity contribution in [2.45, 2.75) is 44.7 Å². The van der Waals surface area contributed by atoms with Crippen molar-refractivity contribution >= 4 is 40.0 Å². The number of hydrogen-bond donors (Lipinski definition) is 1.